The van der Waals surface area contributed by atoms with E-state index >= 15 is 0 Å². The highest BCUT2D eigenvalue weighted by atomic mass is 16.3. The van der Waals surface area contributed by atoms with Crippen molar-refractivity contribution in [2.75, 3.05) is 33.2 Å². The summed E-state index contributed by atoms with van der Waals surface area (Å²) in [7, 11) is 1.80. The molecule has 0 radical (unpaired) electrons. The Balaban J connectivity index is 1.51. The molecule has 2 aromatic heterocycles. The van der Waals surface area contributed by atoms with Crippen LogP contribution in [0.2, 0.25) is 0 Å². The highest BCUT2D eigenvalue weighted by Gasteiger charge is 2.24. The van der Waals surface area contributed by atoms with Crippen molar-refractivity contribution in [3.63, 3.8) is 0 Å². The minimum absolute atomic E-state index is 0.235. The Morgan fingerprint density at radius 2 is 1.92 bits per heavy atom. The highest BCUT2D eigenvalue weighted by molar-refractivity contribution is 5.79. The van der Waals surface area contributed by atoms with Gasteiger partial charge in [-0.1, -0.05) is 6.42 Å². The van der Waals surface area contributed by atoms with Gasteiger partial charge < -0.3 is 19.5 Å². The van der Waals surface area contributed by atoms with Gasteiger partial charge in [0.2, 0.25) is 0 Å². The van der Waals surface area contributed by atoms with E-state index in [2.05, 4.69) is 26.6 Å². The molecule has 1 unspecified atom stereocenters. The smallest absolute Gasteiger partial charge is 0.191 e. The lowest BCUT2D eigenvalue weighted by Gasteiger charge is -2.33. The van der Waals surface area contributed by atoms with E-state index in [4.69, 9.17) is 8.83 Å². The van der Waals surface area contributed by atoms with E-state index in [-0.39, 0.29) is 6.04 Å². The molecule has 0 amide bonds. The van der Waals surface area contributed by atoms with Crippen molar-refractivity contribution in [3.05, 3.63) is 48.3 Å². The molecular weight excluding hydrogens is 316 g/mol. The van der Waals surface area contributed by atoms with E-state index in [0.717, 1.165) is 50.1 Å². The summed E-state index contributed by atoms with van der Waals surface area (Å²) in [5.74, 6) is 2.80. The number of nitrogens with zero attached hydrogens (tertiary/aromatic N) is 2. The number of hydrogen-bond acceptors (Lipinski definition) is 4. The van der Waals surface area contributed by atoms with Crippen LogP contribution in [0.25, 0.3) is 0 Å². The van der Waals surface area contributed by atoms with Crippen LogP contribution in [0.5, 0.6) is 0 Å². The number of guanidine groups is 1. The van der Waals surface area contributed by atoms with Gasteiger partial charge in [-0.2, -0.15) is 0 Å². The highest BCUT2D eigenvalue weighted by Crippen LogP contribution is 2.24. The van der Waals surface area contributed by atoms with Gasteiger partial charge >= 0.3 is 0 Å². The second-order valence-electron chi connectivity index (χ2n) is 6.34. The summed E-state index contributed by atoms with van der Waals surface area (Å²) in [4.78, 5) is 6.83. The quantitative estimate of drug-likeness (QED) is 0.597. The molecule has 2 N–H and O–H groups in total. The van der Waals surface area contributed by atoms with Crippen molar-refractivity contribution < 1.29 is 8.83 Å². The Kier molecular flexibility index (Phi) is 6.56. The molecule has 25 heavy (non-hydrogen) atoms. The lowest BCUT2D eigenvalue weighted by Crippen LogP contribution is -2.44. The Morgan fingerprint density at radius 1 is 1.12 bits per heavy atom. The summed E-state index contributed by atoms with van der Waals surface area (Å²) in [6.07, 6.45) is 8.13. The third-order valence-corrected chi connectivity index (χ3v) is 4.63. The number of hydrogen-bond donors (Lipinski definition) is 2. The SMILES string of the molecule is CN=C(NCCc1ccco1)NCC(c1ccco1)N1CCCCC1. The molecule has 1 fully saturated rings. The van der Waals surface area contributed by atoms with Gasteiger partial charge in [0, 0.05) is 26.6 Å². The average molecular weight is 344 g/mol. The van der Waals surface area contributed by atoms with Crippen molar-refractivity contribution in [3.8, 4) is 0 Å². The summed E-state index contributed by atoms with van der Waals surface area (Å²) in [6.45, 7) is 3.80. The standard InChI is InChI=1S/C19H28N4O2/c1-20-19(21-10-9-16-7-5-13-24-16)22-15-17(18-8-6-14-25-18)23-11-3-2-4-12-23/h5-8,13-14,17H,2-4,9-12,15H2,1H3,(H2,20,21,22). The molecule has 0 aliphatic carbocycles. The molecule has 136 valence electrons. The predicted octanol–water partition coefficient (Wildman–Crippen LogP) is 2.81. The maximum Gasteiger partial charge on any atom is 0.191 e. The fraction of sp³-hybridized carbons (Fsp3) is 0.526. The first-order valence-corrected chi connectivity index (χ1v) is 9.11. The largest absolute Gasteiger partial charge is 0.469 e. The van der Waals surface area contributed by atoms with Crippen LogP contribution >= 0.6 is 0 Å². The van der Waals surface area contributed by atoms with Crippen LogP contribution < -0.4 is 10.6 Å². The maximum absolute atomic E-state index is 5.69. The maximum atomic E-state index is 5.69. The van der Waals surface area contributed by atoms with E-state index in [1.54, 1.807) is 19.6 Å². The first kappa shape index (κ1) is 17.6. The third kappa shape index (κ3) is 5.13. The Labute approximate surface area is 149 Å². The van der Waals surface area contributed by atoms with Crippen LogP contribution in [0.15, 0.2) is 50.6 Å². The Hall–Kier alpha value is -2.21. The van der Waals surface area contributed by atoms with Gasteiger partial charge in [-0.3, -0.25) is 9.89 Å². The first-order chi connectivity index (χ1) is 12.4. The zero-order valence-electron chi connectivity index (χ0n) is 14.9. The van der Waals surface area contributed by atoms with Gasteiger partial charge in [0.1, 0.15) is 11.5 Å². The molecule has 6 heteroatoms. The number of furan rings is 2. The van der Waals surface area contributed by atoms with Crippen LogP contribution in [-0.2, 0) is 6.42 Å². The fourth-order valence-electron chi connectivity index (χ4n) is 3.29. The third-order valence-electron chi connectivity index (χ3n) is 4.63. The zero-order valence-corrected chi connectivity index (χ0v) is 14.9. The van der Waals surface area contributed by atoms with Gasteiger partial charge in [0.25, 0.3) is 0 Å². The van der Waals surface area contributed by atoms with E-state index < -0.39 is 0 Å². The topological polar surface area (TPSA) is 65.9 Å². The fourth-order valence-corrected chi connectivity index (χ4v) is 3.29. The zero-order chi connectivity index (χ0) is 17.3. The number of aliphatic imine (C=N–C) groups is 1. The molecule has 2 aromatic rings. The van der Waals surface area contributed by atoms with Gasteiger partial charge in [-0.25, -0.2) is 0 Å². The van der Waals surface area contributed by atoms with Crippen LogP contribution in [0.3, 0.4) is 0 Å². The van der Waals surface area contributed by atoms with Gasteiger partial charge in [0.15, 0.2) is 5.96 Å². The molecule has 0 spiro atoms. The lowest BCUT2D eigenvalue weighted by atomic mass is 10.1. The monoisotopic (exact) mass is 344 g/mol. The van der Waals surface area contributed by atoms with Crippen molar-refractivity contribution in [2.24, 2.45) is 4.99 Å². The summed E-state index contributed by atoms with van der Waals surface area (Å²) >= 11 is 0. The van der Waals surface area contributed by atoms with Gasteiger partial charge in [-0.15, -0.1) is 0 Å². The number of rotatable bonds is 7. The van der Waals surface area contributed by atoms with E-state index in [1.165, 1.54) is 19.3 Å². The normalized spacial score (nSPS) is 17.4. The van der Waals surface area contributed by atoms with Crippen molar-refractivity contribution in [2.45, 2.75) is 31.7 Å². The summed E-state index contributed by atoms with van der Waals surface area (Å²) < 4.78 is 11.0. The van der Waals surface area contributed by atoms with Crippen molar-refractivity contribution in [1.29, 1.82) is 0 Å². The molecule has 1 aliphatic heterocycles. The number of piperidine rings is 1. The van der Waals surface area contributed by atoms with Crippen LogP contribution in [0.4, 0.5) is 0 Å². The van der Waals surface area contributed by atoms with Crippen LogP contribution in [0, 0.1) is 0 Å². The van der Waals surface area contributed by atoms with Crippen LogP contribution in [0.1, 0.15) is 36.8 Å². The molecule has 1 aliphatic rings. The second-order valence-corrected chi connectivity index (χ2v) is 6.34. The van der Waals surface area contributed by atoms with Crippen LogP contribution in [-0.4, -0.2) is 44.1 Å². The second kappa shape index (κ2) is 9.32. The summed E-state index contributed by atoms with van der Waals surface area (Å²) in [5, 5.41) is 6.78. The van der Waals surface area contributed by atoms with Crippen molar-refractivity contribution in [1.82, 2.24) is 15.5 Å². The molecule has 1 atom stereocenters. The summed E-state index contributed by atoms with van der Waals surface area (Å²) in [5.41, 5.74) is 0. The molecule has 0 bridgehead atoms. The minimum atomic E-state index is 0.235. The summed E-state index contributed by atoms with van der Waals surface area (Å²) in [6, 6.07) is 8.16. The van der Waals surface area contributed by atoms with Gasteiger partial charge in [-0.05, 0) is 50.2 Å². The molecule has 1 saturated heterocycles. The number of nitrogens with one attached hydrogen (secondary N) is 2. The molecule has 0 aromatic carbocycles. The molecule has 0 saturated carbocycles. The number of likely N-dealkylation sites (tertiary alicyclic amines) is 1. The average Bonchev–Trinajstić information content (AvgIpc) is 3.35. The van der Waals surface area contributed by atoms with Gasteiger partial charge in [0.05, 0.1) is 18.6 Å². The molecule has 3 rings (SSSR count). The minimum Gasteiger partial charge on any atom is -0.469 e. The molecular formula is C19H28N4O2. The van der Waals surface area contributed by atoms with Crippen molar-refractivity contribution >= 4 is 5.96 Å². The molecule has 3 heterocycles. The molecule has 6 nitrogen and oxygen atoms in total. The van der Waals surface area contributed by atoms with E-state index in [0.29, 0.717) is 0 Å². The predicted molar refractivity (Wildman–Crippen MR) is 98.6 cm³/mol. The van der Waals surface area contributed by atoms with E-state index in [9.17, 15) is 0 Å². The Morgan fingerprint density at radius 3 is 2.60 bits per heavy atom. The lowest BCUT2D eigenvalue weighted by molar-refractivity contribution is 0.146. The Bertz CT molecular complexity index is 616. The van der Waals surface area contributed by atoms with E-state index in [1.807, 2.05) is 18.2 Å². The first-order valence-electron chi connectivity index (χ1n) is 9.11.